The van der Waals surface area contributed by atoms with Crippen LogP contribution in [0.15, 0.2) is 70.9 Å². The molecule has 3 heterocycles. The van der Waals surface area contributed by atoms with Crippen LogP contribution in [0.3, 0.4) is 0 Å². The average Bonchev–Trinajstić information content (AvgIpc) is 3.45. The Morgan fingerprint density at radius 2 is 2.00 bits per heavy atom. The van der Waals surface area contributed by atoms with Gasteiger partial charge in [-0.15, -0.1) is 0 Å². The van der Waals surface area contributed by atoms with E-state index in [1.54, 1.807) is 25.6 Å². The molecule has 7 nitrogen and oxygen atoms in total. The van der Waals surface area contributed by atoms with Crippen molar-refractivity contribution in [3.8, 4) is 5.75 Å². The van der Waals surface area contributed by atoms with E-state index in [9.17, 15) is 9.90 Å². The predicted molar refractivity (Wildman–Crippen MR) is 122 cm³/mol. The van der Waals surface area contributed by atoms with Crippen molar-refractivity contribution in [2.24, 2.45) is 9.98 Å². The lowest BCUT2D eigenvalue weighted by Gasteiger charge is -2.17. The number of hydrogen-bond donors (Lipinski definition) is 2. The number of aliphatic hydroxyl groups excluding tert-OH is 1. The fraction of sp³-hybridized carbons (Fsp3) is 0.200. The number of aliphatic imine (C=N–C) groups is 2. The average molecular weight is 426 g/mol. The smallest absolute Gasteiger partial charge is 0.266 e. The van der Waals surface area contributed by atoms with Crippen molar-refractivity contribution >= 4 is 23.0 Å². The minimum Gasteiger partial charge on any atom is -0.497 e. The van der Waals surface area contributed by atoms with Crippen molar-refractivity contribution in [3.63, 3.8) is 0 Å². The van der Waals surface area contributed by atoms with Gasteiger partial charge in [0.1, 0.15) is 11.5 Å². The topological polar surface area (TPSA) is 96.2 Å². The second-order valence-corrected chi connectivity index (χ2v) is 7.76. The highest BCUT2D eigenvalue weighted by atomic mass is 16.5. The quantitative estimate of drug-likeness (QED) is 0.634. The van der Waals surface area contributed by atoms with Crippen LogP contribution >= 0.6 is 0 Å². The zero-order chi connectivity index (χ0) is 22.1. The minimum absolute atomic E-state index is 0.223. The minimum atomic E-state index is -0.542. The van der Waals surface area contributed by atoms with Gasteiger partial charge in [-0.2, -0.15) is 0 Å². The third-order valence-corrected chi connectivity index (χ3v) is 5.78. The van der Waals surface area contributed by atoms with Crippen LogP contribution in [0.5, 0.6) is 5.75 Å². The number of benzene rings is 2. The van der Waals surface area contributed by atoms with E-state index in [0.717, 1.165) is 39.2 Å². The summed E-state index contributed by atoms with van der Waals surface area (Å²) in [6, 6.07) is 14.7. The van der Waals surface area contributed by atoms with Gasteiger partial charge < -0.3 is 15.2 Å². The number of amides is 1. The zero-order valence-electron chi connectivity index (χ0n) is 17.6. The summed E-state index contributed by atoms with van der Waals surface area (Å²) in [5, 5.41) is 12.7. The Balaban J connectivity index is 1.37. The fourth-order valence-corrected chi connectivity index (χ4v) is 4.12. The molecule has 2 aliphatic rings. The second kappa shape index (κ2) is 8.36. The number of hydrogen-bond acceptors (Lipinski definition) is 6. The molecule has 0 saturated carbocycles. The highest BCUT2D eigenvalue weighted by Crippen LogP contribution is 2.34. The summed E-state index contributed by atoms with van der Waals surface area (Å²) in [5.41, 5.74) is 7.14. The maximum Gasteiger partial charge on any atom is 0.266 e. The molecule has 1 atom stereocenters. The Morgan fingerprint density at radius 1 is 1.16 bits per heavy atom. The highest BCUT2D eigenvalue weighted by Gasteiger charge is 2.27. The number of aliphatic hydroxyl groups is 1. The molecule has 5 rings (SSSR count). The van der Waals surface area contributed by atoms with Gasteiger partial charge in [0.2, 0.25) is 0 Å². The van der Waals surface area contributed by atoms with Crippen LogP contribution in [0.4, 0.5) is 5.69 Å². The molecule has 32 heavy (non-hydrogen) atoms. The summed E-state index contributed by atoms with van der Waals surface area (Å²) in [6.07, 6.45) is 3.96. The van der Waals surface area contributed by atoms with Gasteiger partial charge in [0.25, 0.3) is 5.91 Å². The molecule has 160 valence electrons. The first-order valence-corrected chi connectivity index (χ1v) is 10.4. The summed E-state index contributed by atoms with van der Waals surface area (Å²) in [7, 11) is 1.58. The van der Waals surface area contributed by atoms with E-state index in [1.807, 2.05) is 36.4 Å². The van der Waals surface area contributed by atoms with E-state index in [0.29, 0.717) is 24.4 Å². The van der Waals surface area contributed by atoms with Crippen molar-refractivity contribution in [1.29, 1.82) is 0 Å². The third-order valence-electron chi connectivity index (χ3n) is 5.78. The molecule has 0 bridgehead atoms. The SMILES string of the molecule is COc1cccc(C(CO)NC(=O)C2=Nc3cc4c(cc3C2)CN=C4c2ccncc2)c1. The van der Waals surface area contributed by atoms with E-state index >= 15 is 0 Å². The summed E-state index contributed by atoms with van der Waals surface area (Å²) in [4.78, 5) is 26.3. The van der Waals surface area contributed by atoms with Crippen LogP contribution < -0.4 is 10.1 Å². The number of nitrogens with zero attached hydrogens (tertiary/aromatic N) is 3. The van der Waals surface area contributed by atoms with Gasteiger partial charge in [0.05, 0.1) is 37.7 Å². The van der Waals surface area contributed by atoms with Crippen molar-refractivity contribution < 1.29 is 14.6 Å². The first-order valence-electron chi connectivity index (χ1n) is 10.4. The highest BCUT2D eigenvalue weighted by molar-refractivity contribution is 6.41. The number of methoxy groups -OCH3 is 1. The molecule has 0 saturated heterocycles. The number of fused-ring (bicyclic) bond motifs is 2. The van der Waals surface area contributed by atoms with Crippen molar-refractivity contribution in [2.75, 3.05) is 13.7 Å². The van der Waals surface area contributed by atoms with Gasteiger partial charge in [0.15, 0.2) is 0 Å². The molecule has 0 radical (unpaired) electrons. The molecule has 3 aromatic rings. The van der Waals surface area contributed by atoms with E-state index in [2.05, 4.69) is 26.4 Å². The van der Waals surface area contributed by atoms with Crippen LogP contribution in [-0.2, 0) is 17.8 Å². The van der Waals surface area contributed by atoms with E-state index in [4.69, 9.17) is 4.74 Å². The molecular formula is C25H22N4O3. The van der Waals surface area contributed by atoms with E-state index in [1.165, 1.54) is 0 Å². The van der Waals surface area contributed by atoms with Crippen molar-refractivity contribution in [2.45, 2.75) is 19.0 Å². The van der Waals surface area contributed by atoms with Gasteiger partial charge in [-0.05, 0) is 47.0 Å². The van der Waals surface area contributed by atoms with Gasteiger partial charge in [-0.1, -0.05) is 18.2 Å². The number of aromatic nitrogens is 1. The Hall–Kier alpha value is -3.84. The van der Waals surface area contributed by atoms with Crippen molar-refractivity contribution in [1.82, 2.24) is 10.3 Å². The lowest BCUT2D eigenvalue weighted by molar-refractivity contribution is -0.115. The third kappa shape index (κ3) is 3.67. The summed E-state index contributed by atoms with van der Waals surface area (Å²) in [5.74, 6) is 0.383. The number of nitrogens with one attached hydrogen (secondary N) is 1. The molecule has 0 fully saturated rings. The molecule has 0 spiro atoms. The summed E-state index contributed by atoms with van der Waals surface area (Å²) in [6.45, 7) is 0.392. The van der Waals surface area contributed by atoms with Gasteiger partial charge >= 0.3 is 0 Å². The van der Waals surface area contributed by atoms with E-state index < -0.39 is 6.04 Å². The van der Waals surface area contributed by atoms with Crippen molar-refractivity contribution in [3.05, 3.63) is 88.7 Å². The number of carbonyl (C=O) groups is 1. The first-order chi connectivity index (χ1) is 15.7. The van der Waals surface area contributed by atoms with Crippen LogP contribution in [0.1, 0.15) is 33.9 Å². The van der Waals surface area contributed by atoms with Gasteiger partial charge in [-0.3, -0.25) is 14.8 Å². The molecule has 1 amide bonds. The normalized spacial score (nSPS) is 14.8. The molecule has 0 aliphatic carbocycles. The zero-order valence-corrected chi connectivity index (χ0v) is 17.6. The largest absolute Gasteiger partial charge is 0.497 e. The standard InChI is InChI=1S/C25H22N4O3/c1-32-19-4-2-3-16(10-19)23(14-30)29-25(31)22-11-17-9-18-13-27-24(15-5-7-26-8-6-15)20(18)12-21(17)28-22/h2-10,12,23,30H,11,13-14H2,1H3,(H,29,31). The molecular weight excluding hydrogens is 404 g/mol. The molecule has 1 aromatic heterocycles. The number of rotatable bonds is 6. The summed E-state index contributed by atoms with van der Waals surface area (Å²) >= 11 is 0. The molecule has 7 heteroatoms. The van der Waals surface area contributed by atoms with Gasteiger partial charge in [-0.25, -0.2) is 4.99 Å². The van der Waals surface area contributed by atoms with Gasteiger partial charge in [0, 0.05) is 29.9 Å². The lowest BCUT2D eigenvalue weighted by atomic mass is 9.97. The number of pyridine rings is 1. The number of carbonyl (C=O) groups excluding carboxylic acids is 1. The lowest BCUT2D eigenvalue weighted by Crippen LogP contribution is -2.36. The Morgan fingerprint density at radius 3 is 2.78 bits per heavy atom. The number of ether oxygens (including phenoxy) is 1. The monoisotopic (exact) mass is 426 g/mol. The van der Waals surface area contributed by atoms with Crippen LogP contribution in [-0.4, -0.2) is 41.1 Å². The molecule has 2 N–H and O–H groups in total. The molecule has 1 unspecified atom stereocenters. The first kappa shape index (κ1) is 20.1. The Bertz CT molecular complexity index is 1250. The maximum absolute atomic E-state index is 12.9. The maximum atomic E-state index is 12.9. The molecule has 2 aliphatic heterocycles. The van der Waals surface area contributed by atoms with Crippen LogP contribution in [0.25, 0.3) is 0 Å². The predicted octanol–water partition coefficient (Wildman–Crippen LogP) is 2.92. The summed E-state index contributed by atoms with van der Waals surface area (Å²) < 4.78 is 5.24. The Kier molecular flexibility index (Phi) is 5.25. The second-order valence-electron chi connectivity index (χ2n) is 7.76. The Labute approximate surface area is 185 Å². The molecule has 2 aromatic carbocycles. The fourth-order valence-electron chi connectivity index (χ4n) is 4.12. The van der Waals surface area contributed by atoms with Crippen LogP contribution in [0, 0.1) is 0 Å². The van der Waals surface area contributed by atoms with E-state index in [-0.39, 0.29) is 12.5 Å². The van der Waals surface area contributed by atoms with Crippen LogP contribution in [0.2, 0.25) is 0 Å².